The average Bonchev–Trinajstić information content (AvgIpc) is 3.45. The molecule has 0 atom stereocenters. The van der Waals surface area contributed by atoms with E-state index in [-0.39, 0.29) is 0 Å². The van der Waals surface area contributed by atoms with Crippen molar-refractivity contribution in [2.45, 2.75) is 229 Å². The van der Waals surface area contributed by atoms with Crippen molar-refractivity contribution in [3.63, 3.8) is 0 Å². The lowest BCUT2D eigenvalue weighted by Gasteiger charge is -2.57. The van der Waals surface area contributed by atoms with Gasteiger partial charge in [-0.3, -0.25) is 0 Å². The smallest absolute Gasteiger partial charge is 0.105 e. The molecule has 4 N–H and O–H groups in total. The molecule has 5 heteroatoms. The van der Waals surface area contributed by atoms with Gasteiger partial charge < -0.3 is 25.8 Å². The molecule has 4 aromatic rings. The van der Waals surface area contributed by atoms with Gasteiger partial charge in [0.05, 0.1) is 0 Å². The maximum absolute atomic E-state index is 4.31. The molecule has 0 spiro atoms. The van der Waals surface area contributed by atoms with Crippen LogP contribution in [0.15, 0.2) is 97.1 Å². The molecule has 408 valence electrons. The molecule has 77 heavy (non-hydrogen) atoms. The van der Waals surface area contributed by atoms with Crippen LogP contribution < -0.4 is 21.3 Å². The van der Waals surface area contributed by atoms with Gasteiger partial charge in [0.25, 0.3) is 0 Å². The second-order valence-electron chi connectivity index (χ2n) is 31.5. The summed E-state index contributed by atoms with van der Waals surface area (Å²) < 4.78 is 0.968. The standard InChI is InChI=1S/C72H96N5/c1-5-49(41-73-69-29-57-17-58(30-69)19-59(18-57)31-69)13-53(9-1)45-77(46-54-10-2-6-50(14-54)42-74-70-32-60-20-61(33-70)22-62(21-60)34-70,47-55-11-3-7-51(15-55)43-75-71-35-63-23-64(36-71)25-65(24-63)37-71)48-56-12-4-8-52(16-56)44-76-72-38-66-26-67(39-72)28-68(27-66)40-72/h1-16,57-68,73-76H,17-48H2/q+1. The van der Waals surface area contributed by atoms with Gasteiger partial charge in [0.2, 0.25) is 0 Å². The minimum absolute atomic E-state index is 0.366. The Labute approximate surface area is 464 Å². The lowest BCUT2D eigenvalue weighted by Crippen LogP contribution is -2.58. The van der Waals surface area contributed by atoms with E-state index in [1.54, 1.807) is 0 Å². The number of benzene rings is 4. The van der Waals surface area contributed by atoms with E-state index in [1.165, 1.54) is 199 Å². The molecular weight excluding hydrogens is 935 g/mol. The van der Waals surface area contributed by atoms with Crippen molar-refractivity contribution >= 4 is 0 Å². The summed E-state index contributed by atoms with van der Waals surface area (Å²) in [5.74, 6) is 11.5. The highest BCUT2D eigenvalue weighted by molar-refractivity contribution is 5.29. The number of hydrogen-bond acceptors (Lipinski definition) is 4. The molecule has 0 saturated heterocycles. The number of hydrogen-bond donors (Lipinski definition) is 4. The van der Waals surface area contributed by atoms with Crippen LogP contribution in [0.4, 0.5) is 0 Å². The molecule has 16 aliphatic carbocycles. The van der Waals surface area contributed by atoms with E-state index in [9.17, 15) is 0 Å². The third kappa shape index (κ3) is 10.2. The van der Waals surface area contributed by atoms with E-state index in [4.69, 9.17) is 0 Å². The molecule has 20 rings (SSSR count). The first kappa shape index (κ1) is 49.5. The summed E-state index contributed by atoms with van der Waals surface area (Å²) in [4.78, 5) is 0. The highest BCUT2D eigenvalue weighted by Gasteiger charge is 2.54. The fourth-order valence-corrected chi connectivity index (χ4v) is 23.7. The van der Waals surface area contributed by atoms with E-state index in [1.807, 2.05) is 0 Å². The highest BCUT2D eigenvalue weighted by atomic mass is 15.3. The van der Waals surface area contributed by atoms with E-state index < -0.39 is 0 Å². The molecule has 0 aliphatic heterocycles. The van der Waals surface area contributed by atoms with Crippen molar-refractivity contribution in [2.75, 3.05) is 0 Å². The zero-order valence-electron chi connectivity index (χ0n) is 47.2. The highest BCUT2D eigenvalue weighted by Crippen LogP contribution is 2.59. The largest absolute Gasteiger partial charge is 0.309 e. The third-order valence-corrected chi connectivity index (χ3v) is 24.9. The van der Waals surface area contributed by atoms with Crippen LogP contribution >= 0.6 is 0 Å². The topological polar surface area (TPSA) is 48.1 Å². The molecule has 16 fully saturated rings. The number of quaternary nitrogens is 1. The lowest BCUT2D eigenvalue weighted by molar-refractivity contribution is -0.978. The van der Waals surface area contributed by atoms with Crippen LogP contribution in [0.1, 0.15) is 199 Å². The van der Waals surface area contributed by atoms with E-state index in [2.05, 4.69) is 118 Å². The van der Waals surface area contributed by atoms with Crippen LogP contribution in [-0.4, -0.2) is 26.6 Å². The number of nitrogens with zero attached hydrogens (tertiary/aromatic N) is 1. The van der Waals surface area contributed by atoms with Crippen molar-refractivity contribution in [3.8, 4) is 0 Å². The first-order valence-electron chi connectivity index (χ1n) is 32.7. The van der Waals surface area contributed by atoms with E-state index in [0.29, 0.717) is 22.2 Å². The Bertz CT molecular complexity index is 2280. The van der Waals surface area contributed by atoms with Crippen LogP contribution in [0.25, 0.3) is 0 Å². The van der Waals surface area contributed by atoms with Crippen molar-refractivity contribution in [3.05, 3.63) is 142 Å². The Hall–Kier alpha value is -3.32. The van der Waals surface area contributed by atoms with E-state index in [0.717, 1.165) is 128 Å². The zero-order valence-corrected chi connectivity index (χ0v) is 47.2. The number of rotatable bonds is 20. The first-order chi connectivity index (χ1) is 37.6. The predicted octanol–water partition coefficient (Wildman–Crippen LogP) is 14.8. The second kappa shape index (κ2) is 19.4. The Kier molecular flexibility index (Phi) is 12.5. The molecule has 0 amide bonds. The second-order valence-corrected chi connectivity index (χ2v) is 31.5. The molecule has 16 aliphatic rings. The van der Waals surface area contributed by atoms with Gasteiger partial charge >= 0.3 is 0 Å². The summed E-state index contributed by atoms with van der Waals surface area (Å²) in [7, 11) is 0. The molecule has 0 radical (unpaired) electrons. The molecule has 4 aromatic carbocycles. The molecule has 16 saturated carbocycles. The Morgan fingerprint density at radius 1 is 0.260 bits per heavy atom. The molecule has 5 nitrogen and oxygen atoms in total. The molecule has 16 bridgehead atoms. The molecule has 0 aromatic heterocycles. The zero-order chi connectivity index (χ0) is 50.8. The van der Waals surface area contributed by atoms with Gasteiger partial charge in [-0.2, -0.15) is 0 Å². The van der Waals surface area contributed by atoms with E-state index >= 15 is 0 Å². The Morgan fingerprint density at radius 3 is 0.610 bits per heavy atom. The van der Waals surface area contributed by atoms with Gasteiger partial charge in [0, 0.05) is 70.6 Å². The van der Waals surface area contributed by atoms with Crippen molar-refractivity contribution in [1.82, 2.24) is 21.3 Å². The van der Waals surface area contributed by atoms with Gasteiger partial charge in [-0.05, 0) is 272 Å². The van der Waals surface area contributed by atoms with Gasteiger partial charge in [-0.1, -0.05) is 72.8 Å². The SMILES string of the molecule is c1cc(CNC23CC4CC(CC(C4)C2)C3)cc(C[N+](Cc2cccc(CNC34CC5CC(CC(C5)C3)C4)c2)(Cc2cccc(CNC34CC5CC(CC(C5)C3)C4)c2)Cc2cccc(CNC34CC5CC(CC(C5)C3)C4)c2)c1. The molecule has 0 unspecified atom stereocenters. The summed E-state index contributed by atoms with van der Waals surface area (Å²) in [6.07, 6.45) is 34.9. The fraction of sp³-hybridized carbons (Fsp3) is 0.667. The fourth-order valence-electron chi connectivity index (χ4n) is 23.7. The monoisotopic (exact) mass is 1030 g/mol. The quantitative estimate of drug-likeness (QED) is 0.0667. The predicted molar refractivity (Wildman–Crippen MR) is 312 cm³/mol. The molecular formula is C72H96N5+. The maximum atomic E-state index is 4.31. The van der Waals surface area contributed by atoms with Crippen LogP contribution in [0.2, 0.25) is 0 Å². The summed E-state index contributed by atoms with van der Waals surface area (Å²) >= 11 is 0. The van der Waals surface area contributed by atoms with Crippen molar-refractivity contribution in [1.29, 1.82) is 0 Å². The van der Waals surface area contributed by atoms with Crippen LogP contribution in [0.5, 0.6) is 0 Å². The maximum Gasteiger partial charge on any atom is 0.105 e. The first-order valence-corrected chi connectivity index (χ1v) is 32.7. The number of nitrogens with one attached hydrogen (secondary N) is 4. The minimum Gasteiger partial charge on any atom is -0.309 e. The summed E-state index contributed by atoms with van der Waals surface area (Å²) in [5, 5.41) is 17.2. The van der Waals surface area contributed by atoms with Crippen molar-refractivity contribution in [2.24, 2.45) is 71.0 Å². The summed E-state index contributed by atoms with van der Waals surface area (Å²) in [6, 6.07) is 39.9. The lowest BCUT2D eigenvalue weighted by atomic mass is 9.53. The Morgan fingerprint density at radius 2 is 0.429 bits per heavy atom. The third-order valence-electron chi connectivity index (χ3n) is 24.9. The summed E-state index contributed by atoms with van der Waals surface area (Å²) in [6.45, 7) is 8.01. The molecule has 0 heterocycles. The Balaban J connectivity index is 0.717. The van der Waals surface area contributed by atoms with Crippen molar-refractivity contribution < 1.29 is 4.48 Å². The van der Waals surface area contributed by atoms with Gasteiger partial charge in [0.15, 0.2) is 0 Å². The average molecular weight is 1030 g/mol. The normalized spacial score (nSPS) is 40.9. The van der Waals surface area contributed by atoms with Crippen LogP contribution in [-0.2, 0) is 52.4 Å². The minimum atomic E-state index is 0.366. The van der Waals surface area contributed by atoms with Gasteiger partial charge in [0.1, 0.15) is 26.2 Å². The summed E-state index contributed by atoms with van der Waals surface area (Å²) in [5.41, 5.74) is 13.3. The van der Waals surface area contributed by atoms with Crippen LogP contribution in [0.3, 0.4) is 0 Å². The van der Waals surface area contributed by atoms with Gasteiger partial charge in [-0.25, -0.2) is 0 Å². The van der Waals surface area contributed by atoms with Crippen LogP contribution in [0, 0.1) is 71.0 Å². The van der Waals surface area contributed by atoms with Gasteiger partial charge in [-0.15, -0.1) is 0 Å².